The summed E-state index contributed by atoms with van der Waals surface area (Å²) in [6.07, 6.45) is 0.839. The van der Waals surface area contributed by atoms with Crippen LogP contribution in [0, 0.1) is 6.92 Å². The maximum atomic E-state index is 11.9. The normalized spacial score (nSPS) is 10.7. The SMILES string of the molecule is Cc1nnsc1C(=O)NCCc1ccc(-c2ccsc2)s1. The van der Waals surface area contributed by atoms with Gasteiger partial charge in [0.25, 0.3) is 5.91 Å². The van der Waals surface area contributed by atoms with Gasteiger partial charge in [-0.25, -0.2) is 0 Å². The number of aryl methyl sites for hydroxylation is 1. The number of carbonyl (C=O) groups excluding carboxylic acids is 1. The van der Waals surface area contributed by atoms with Crippen molar-refractivity contribution in [1.82, 2.24) is 14.9 Å². The van der Waals surface area contributed by atoms with Crippen LogP contribution in [0.15, 0.2) is 29.0 Å². The van der Waals surface area contributed by atoms with E-state index in [-0.39, 0.29) is 5.91 Å². The van der Waals surface area contributed by atoms with Gasteiger partial charge in [-0.15, -0.1) is 16.4 Å². The van der Waals surface area contributed by atoms with Crippen LogP contribution in [-0.2, 0) is 6.42 Å². The van der Waals surface area contributed by atoms with Gasteiger partial charge >= 0.3 is 0 Å². The average Bonchev–Trinajstić information content (AvgIpc) is 3.19. The molecule has 0 aromatic carbocycles. The Morgan fingerprint density at radius 1 is 1.33 bits per heavy atom. The van der Waals surface area contributed by atoms with Crippen LogP contribution in [-0.4, -0.2) is 22.0 Å². The van der Waals surface area contributed by atoms with Crippen molar-refractivity contribution in [3.8, 4) is 10.4 Å². The van der Waals surface area contributed by atoms with E-state index in [1.54, 1.807) is 29.6 Å². The maximum Gasteiger partial charge on any atom is 0.264 e. The van der Waals surface area contributed by atoms with Crippen molar-refractivity contribution in [2.75, 3.05) is 6.54 Å². The van der Waals surface area contributed by atoms with E-state index < -0.39 is 0 Å². The van der Waals surface area contributed by atoms with Crippen LogP contribution < -0.4 is 5.32 Å². The molecular formula is C14H13N3OS3. The quantitative estimate of drug-likeness (QED) is 0.775. The number of aromatic nitrogens is 2. The van der Waals surface area contributed by atoms with Crippen LogP contribution in [0.4, 0.5) is 0 Å². The second-order valence-corrected chi connectivity index (χ2v) is 7.17. The number of carbonyl (C=O) groups is 1. The Balaban J connectivity index is 1.54. The number of amides is 1. The lowest BCUT2D eigenvalue weighted by Gasteiger charge is -2.02. The fraction of sp³-hybridized carbons (Fsp3) is 0.214. The molecule has 0 atom stereocenters. The molecule has 3 rings (SSSR count). The van der Waals surface area contributed by atoms with Crippen LogP contribution in [0.3, 0.4) is 0 Å². The van der Waals surface area contributed by atoms with Crippen molar-refractivity contribution in [3.05, 3.63) is 44.4 Å². The van der Waals surface area contributed by atoms with Gasteiger partial charge in [0.2, 0.25) is 0 Å². The Kier molecular flexibility index (Phi) is 4.42. The maximum absolute atomic E-state index is 11.9. The second kappa shape index (κ2) is 6.46. The van der Waals surface area contributed by atoms with Crippen molar-refractivity contribution in [1.29, 1.82) is 0 Å². The zero-order valence-corrected chi connectivity index (χ0v) is 13.8. The van der Waals surface area contributed by atoms with Crippen LogP contribution in [0.5, 0.6) is 0 Å². The van der Waals surface area contributed by atoms with Gasteiger partial charge in [0, 0.05) is 21.9 Å². The number of nitrogens with one attached hydrogen (secondary N) is 1. The fourth-order valence-corrected chi connectivity index (χ4v) is 4.20. The third-order valence-electron chi connectivity index (χ3n) is 2.98. The molecule has 0 saturated carbocycles. The first-order valence-electron chi connectivity index (χ1n) is 6.42. The first-order chi connectivity index (χ1) is 10.2. The molecule has 0 unspecified atom stereocenters. The lowest BCUT2D eigenvalue weighted by Crippen LogP contribution is -2.25. The summed E-state index contributed by atoms with van der Waals surface area (Å²) in [4.78, 5) is 15.1. The van der Waals surface area contributed by atoms with E-state index in [2.05, 4.69) is 43.9 Å². The van der Waals surface area contributed by atoms with E-state index in [4.69, 9.17) is 0 Å². The highest BCUT2D eigenvalue weighted by Crippen LogP contribution is 2.29. The molecule has 1 amide bonds. The molecule has 0 spiro atoms. The highest BCUT2D eigenvalue weighted by atomic mass is 32.1. The molecule has 0 aliphatic heterocycles. The summed E-state index contributed by atoms with van der Waals surface area (Å²) in [7, 11) is 0. The van der Waals surface area contributed by atoms with Crippen molar-refractivity contribution in [2.24, 2.45) is 0 Å². The predicted molar refractivity (Wildman–Crippen MR) is 88.3 cm³/mol. The highest BCUT2D eigenvalue weighted by molar-refractivity contribution is 7.16. The zero-order chi connectivity index (χ0) is 14.7. The molecule has 3 aromatic heterocycles. The minimum atomic E-state index is -0.0860. The van der Waals surface area contributed by atoms with E-state index >= 15 is 0 Å². The summed E-state index contributed by atoms with van der Waals surface area (Å²) >= 11 is 4.62. The Labute approximate surface area is 134 Å². The monoisotopic (exact) mass is 335 g/mol. The van der Waals surface area contributed by atoms with Gasteiger partial charge in [0.15, 0.2) is 0 Å². The van der Waals surface area contributed by atoms with Crippen LogP contribution >= 0.6 is 34.2 Å². The number of hydrogen-bond acceptors (Lipinski definition) is 6. The minimum absolute atomic E-state index is 0.0860. The summed E-state index contributed by atoms with van der Waals surface area (Å²) in [5, 5.41) is 11.0. The molecule has 0 aliphatic rings. The predicted octanol–water partition coefficient (Wildman–Crippen LogP) is 3.61. The topological polar surface area (TPSA) is 54.9 Å². The van der Waals surface area contributed by atoms with Gasteiger partial charge in [0.05, 0.1) is 5.69 Å². The fourth-order valence-electron chi connectivity index (χ4n) is 1.89. The summed E-state index contributed by atoms with van der Waals surface area (Å²) in [6, 6.07) is 6.39. The van der Waals surface area contributed by atoms with Gasteiger partial charge in [-0.1, -0.05) is 4.49 Å². The molecule has 3 aromatic rings. The molecule has 0 saturated heterocycles. The smallest absolute Gasteiger partial charge is 0.264 e. The lowest BCUT2D eigenvalue weighted by atomic mass is 10.3. The molecule has 0 aliphatic carbocycles. The second-order valence-electron chi connectivity index (χ2n) is 4.47. The molecule has 4 nitrogen and oxygen atoms in total. The van der Waals surface area contributed by atoms with Crippen molar-refractivity contribution in [3.63, 3.8) is 0 Å². The number of hydrogen-bond donors (Lipinski definition) is 1. The summed E-state index contributed by atoms with van der Waals surface area (Å²) in [5.74, 6) is -0.0860. The van der Waals surface area contributed by atoms with E-state index in [1.165, 1.54) is 15.3 Å². The number of thiophene rings is 2. The zero-order valence-electron chi connectivity index (χ0n) is 11.3. The molecule has 0 bridgehead atoms. The first kappa shape index (κ1) is 14.4. The molecule has 0 radical (unpaired) electrons. The Hall–Kier alpha value is -1.57. The minimum Gasteiger partial charge on any atom is -0.351 e. The molecule has 3 heterocycles. The van der Waals surface area contributed by atoms with Crippen LogP contribution in [0.1, 0.15) is 20.2 Å². The largest absolute Gasteiger partial charge is 0.351 e. The van der Waals surface area contributed by atoms with E-state index in [0.717, 1.165) is 18.0 Å². The standard InChI is InChI=1S/C14H13N3OS3/c1-9-13(21-17-16-9)14(18)15-6-4-11-2-3-12(20-11)10-5-7-19-8-10/h2-3,5,7-8H,4,6H2,1H3,(H,15,18). The summed E-state index contributed by atoms with van der Waals surface area (Å²) in [5.41, 5.74) is 1.96. The summed E-state index contributed by atoms with van der Waals surface area (Å²) < 4.78 is 3.77. The van der Waals surface area contributed by atoms with Crippen LogP contribution in [0.25, 0.3) is 10.4 Å². The molecule has 1 N–H and O–H groups in total. The number of nitrogens with zero attached hydrogens (tertiary/aromatic N) is 2. The third kappa shape index (κ3) is 3.37. The van der Waals surface area contributed by atoms with Crippen molar-refractivity contribution < 1.29 is 4.79 Å². The molecular weight excluding hydrogens is 322 g/mol. The van der Waals surface area contributed by atoms with E-state index in [0.29, 0.717) is 17.1 Å². The van der Waals surface area contributed by atoms with Crippen molar-refractivity contribution >= 4 is 40.1 Å². The lowest BCUT2D eigenvalue weighted by molar-refractivity contribution is 0.0957. The van der Waals surface area contributed by atoms with Gasteiger partial charge in [-0.05, 0) is 53.8 Å². The van der Waals surface area contributed by atoms with Crippen molar-refractivity contribution in [2.45, 2.75) is 13.3 Å². The third-order valence-corrected chi connectivity index (χ3v) is 5.69. The molecule has 0 fully saturated rings. The Morgan fingerprint density at radius 2 is 2.24 bits per heavy atom. The Morgan fingerprint density at radius 3 is 2.95 bits per heavy atom. The highest BCUT2D eigenvalue weighted by Gasteiger charge is 2.12. The first-order valence-corrected chi connectivity index (χ1v) is 8.96. The van der Waals surface area contributed by atoms with Gasteiger partial charge < -0.3 is 5.32 Å². The summed E-state index contributed by atoms with van der Waals surface area (Å²) in [6.45, 7) is 2.42. The molecule has 7 heteroatoms. The van der Waals surface area contributed by atoms with Gasteiger partial charge in [-0.3, -0.25) is 4.79 Å². The van der Waals surface area contributed by atoms with Crippen LogP contribution in [0.2, 0.25) is 0 Å². The van der Waals surface area contributed by atoms with Gasteiger partial charge in [0.1, 0.15) is 4.88 Å². The van der Waals surface area contributed by atoms with E-state index in [9.17, 15) is 4.79 Å². The molecule has 21 heavy (non-hydrogen) atoms. The number of rotatable bonds is 5. The Bertz CT molecular complexity index is 730. The van der Waals surface area contributed by atoms with E-state index in [1.807, 2.05) is 0 Å². The van der Waals surface area contributed by atoms with Gasteiger partial charge in [-0.2, -0.15) is 11.3 Å². The average molecular weight is 335 g/mol. The molecule has 108 valence electrons.